The summed E-state index contributed by atoms with van der Waals surface area (Å²) in [4.78, 5) is 19.1. The summed E-state index contributed by atoms with van der Waals surface area (Å²) in [5.74, 6) is 0.905. The van der Waals surface area contributed by atoms with E-state index in [0.717, 1.165) is 18.1 Å². The first kappa shape index (κ1) is 13.8. The second-order valence-electron chi connectivity index (χ2n) is 5.41. The van der Waals surface area contributed by atoms with Gasteiger partial charge in [0.2, 0.25) is 0 Å². The number of hydrogen-bond donors (Lipinski definition) is 1. The Morgan fingerprint density at radius 2 is 2.24 bits per heavy atom. The summed E-state index contributed by atoms with van der Waals surface area (Å²) < 4.78 is 3.61. The van der Waals surface area contributed by atoms with Crippen LogP contribution in [0.2, 0.25) is 0 Å². The van der Waals surface area contributed by atoms with Gasteiger partial charge in [0, 0.05) is 46.1 Å². The highest BCUT2D eigenvalue weighted by molar-refractivity contribution is 5.93. The monoisotopic (exact) mass is 288 g/mol. The number of aryl methyl sites for hydroxylation is 3. The van der Waals surface area contributed by atoms with Crippen molar-refractivity contribution in [2.24, 2.45) is 14.1 Å². The molecule has 0 saturated carbocycles. The average Bonchev–Trinajstić information content (AvgIpc) is 3.03. The summed E-state index contributed by atoms with van der Waals surface area (Å²) in [6.45, 7) is 4.07. The second kappa shape index (κ2) is 5.33. The SMILES string of the molecule is Cc1cc(C(=O)N2CCNCC2c2nccn2C)n(C)n1. The first-order valence-corrected chi connectivity index (χ1v) is 7.07. The van der Waals surface area contributed by atoms with Gasteiger partial charge in [-0.3, -0.25) is 9.48 Å². The van der Waals surface area contributed by atoms with Gasteiger partial charge in [0.05, 0.1) is 5.69 Å². The predicted octanol–water partition coefficient (Wildman–Crippen LogP) is 0.249. The predicted molar refractivity (Wildman–Crippen MR) is 77.8 cm³/mol. The smallest absolute Gasteiger partial charge is 0.272 e. The third kappa shape index (κ3) is 2.44. The van der Waals surface area contributed by atoms with Crippen LogP contribution in [0, 0.1) is 6.92 Å². The van der Waals surface area contributed by atoms with Crippen molar-refractivity contribution in [3.8, 4) is 0 Å². The topological polar surface area (TPSA) is 68.0 Å². The van der Waals surface area contributed by atoms with E-state index >= 15 is 0 Å². The van der Waals surface area contributed by atoms with Gasteiger partial charge in [0.1, 0.15) is 17.6 Å². The minimum Gasteiger partial charge on any atom is -0.336 e. The number of carbonyl (C=O) groups is 1. The molecular weight excluding hydrogens is 268 g/mol. The number of nitrogens with one attached hydrogen (secondary N) is 1. The number of piperazine rings is 1. The van der Waals surface area contributed by atoms with Crippen molar-refractivity contribution < 1.29 is 4.79 Å². The minimum absolute atomic E-state index is 0.00704. The van der Waals surface area contributed by atoms with E-state index < -0.39 is 0 Å². The van der Waals surface area contributed by atoms with E-state index in [0.29, 0.717) is 18.8 Å². The molecule has 1 fully saturated rings. The number of imidazole rings is 1. The highest BCUT2D eigenvalue weighted by Gasteiger charge is 2.32. The second-order valence-corrected chi connectivity index (χ2v) is 5.41. The molecule has 0 radical (unpaired) electrons. The number of hydrogen-bond acceptors (Lipinski definition) is 4. The van der Waals surface area contributed by atoms with Gasteiger partial charge >= 0.3 is 0 Å². The van der Waals surface area contributed by atoms with Crippen LogP contribution < -0.4 is 5.32 Å². The lowest BCUT2D eigenvalue weighted by molar-refractivity contribution is 0.0609. The number of amides is 1. The lowest BCUT2D eigenvalue weighted by Crippen LogP contribution is -2.49. The number of nitrogens with zero attached hydrogens (tertiary/aromatic N) is 5. The Morgan fingerprint density at radius 3 is 2.86 bits per heavy atom. The van der Waals surface area contributed by atoms with Crippen LogP contribution in [-0.2, 0) is 14.1 Å². The molecule has 2 aromatic rings. The van der Waals surface area contributed by atoms with E-state index in [4.69, 9.17) is 0 Å². The van der Waals surface area contributed by atoms with Gasteiger partial charge in [-0.05, 0) is 13.0 Å². The van der Waals surface area contributed by atoms with Crippen LogP contribution in [0.3, 0.4) is 0 Å². The highest BCUT2D eigenvalue weighted by atomic mass is 16.2. The minimum atomic E-state index is -0.0542. The Hall–Kier alpha value is -2.15. The molecule has 0 bridgehead atoms. The van der Waals surface area contributed by atoms with Crippen LogP contribution in [0.4, 0.5) is 0 Å². The van der Waals surface area contributed by atoms with Gasteiger partial charge in [0.25, 0.3) is 5.91 Å². The van der Waals surface area contributed by atoms with Gasteiger partial charge in [0.15, 0.2) is 0 Å². The lowest BCUT2D eigenvalue weighted by atomic mass is 10.1. The van der Waals surface area contributed by atoms with Crippen molar-refractivity contribution in [2.75, 3.05) is 19.6 Å². The quantitative estimate of drug-likeness (QED) is 0.860. The molecule has 2 aromatic heterocycles. The maximum absolute atomic E-state index is 12.9. The molecular formula is C14H20N6O. The Balaban J connectivity index is 1.93. The van der Waals surface area contributed by atoms with Gasteiger partial charge < -0.3 is 14.8 Å². The van der Waals surface area contributed by atoms with Gasteiger partial charge in [-0.2, -0.15) is 5.10 Å². The summed E-state index contributed by atoms with van der Waals surface area (Å²) in [5.41, 5.74) is 1.47. The first-order valence-electron chi connectivity index (χ1n) is 7.07. The van der Waals surface area contributed by atoms with Gasteiger partial charge in [-0.25, -0.2) is 4.98 Å². The Morgan fingerprint density at radius 1 is 1.43 bits per heavy atom. The van der Waals surface area contributed by atoms with Crippen molar-refractivity contribution in [1.82, 2.24) is 29.5 Å². The van der Waals surface area contributed by atoms with E-state index in [2.05, 4.69) is 15.4 Å². The molecule has 112 valence electrons. The van der Waals surface area contributed by atoms with E-state index in [1.807, 2.05) is 35.7 Å². The molecule has 0 aromatic carbocycles. The van der Waals surface area contributed by atoms with Crippen molar-refractivity contribution in [3.05, 3.63) is 35.7 Å². The average molecular weight is 288 g/mol. The molecule has 1 unspecified atom stereocenters. The zero-order valence-corrected chi connectivity index (χ0v) is 12.6. The molecule has 3 rings (SSSR count). The van der Waals surface area contributed by atoms with Crippen molar-refractivity contribution in [2.45, 2.75) is 13.0 Å². The third-order valence-corrected chi connectivity index (χ3v) is 3.88. The van der Waals surface area contributed by atoms with Crippen LogP contribution in [0.1, 0.15) is 28.0 Å². The molecule has 0 aliphatic carbocycles. The van der Waals surface area contributed by atoms with Crippen molar-refractivity contribution in [3.63, 3.8) is 0 Å². The maximum atomic E-state index is 12.9. The summed E-state index contributed by atoms with van der Waals surface area (Å²) in [6, 6.07) is 1.78. The molecule has 3 heterocycles. The maximum Gasteiger partial charge on any atom is 0.272 e. The lowest BCUT2D eigenvalue weighted by Gasteiger charge is -2.35. The summed E-state index contributed by atoms with van der Waals surface area (Å²) in [5, 5.41) is 7.60. The fourth-order valence-electron chi connectivity index (χ4n) is 2.83. The number of aromatic nitrogens is 4. The van der Waals surface area contributed by atoms with Crippen LogP contribution in [0.5, 0.6) is 0 Å². The molecule has 1 N–H and O–H groups in total. The highest BCUT2D eigenvalue weighted by Crippen LogP contribution is 2.22. The molecule has 1 aliphatic rings. The largest absolute Gasteiger partial charge is 0.336 e. The third-order valence-electron chi connectivity index (χ3n) is 3.88. The fraction of sp³-hybridized carbons (Fsp3) is 0.500. The van der Waals surface area contributed by atoms with Crippen LogP contribution >= 0.6 is 0 Å². The molecule has 7 nitrogen and oxygen atoms in total. The molecule has 1 aliphatic heterocycles. The molecule has 7 heteroatoms. The Bertz CT molecular complexity index is 658. The van der Waals surface area contributed by atoms with Gasteiger partial charge in [-0.1, -0.05) is 0 Å². The summed E-state index contributed by atoms with van der Waals surface area (Å²) >= 11 is 0. The summed E-state index contributed by atoms with van der Waals surface area (Å²) in [6.07, 6.45) is 3.67. The standard InChI is InChI=1S/C14H20N6O/c1-10-8-11(19(3)17-10)14(21)20-7-4-15-9-12(20)13-16-5-6-18(13)2/h5-6,8,12,15H,4,7,9H2,1-3H3. The fourth-order valence-corrected chi connectivity index (χ4v) is 2.83. The van der Waals surface area contributed by atoms with Gasteiger partial charge in [-0.15, -0.1) is 0 Å². The molecule has 1 saturated heterocycles. The van der Waals surface area contributed by atoms with Crippen LogP contribution in [0.25, 0.3) is 0 Å². The van der Waals surface area contributed by atoms with Crippen LogP contribution in [0.15, 0.2) is 18.5 Å². The first-order chi connectivity index (χ1) is 10.1. The van der Waals surface area contributed by atoms with Crippen LogP contribution in [-0.4, -0.2) is 49.8 Å². The van der Waals surface area contributed by atoms with E-state index in [1.165, 1.54) is 0 Å². The summed E-state index contributed by atoms with van der Waals surface area (Å²) in [7, 11) is 3.76. The number of carbonyl (C=O) groups excluding carboxylic acids is 1. The van der Waals surface area contributed by atoms with Crippen molar-refractivity contribution in [1.29, 1.82) is 0 Å². The normalized spacial score (nSPS) is 19.0. The molecule has 21 heavy (non-hydrogen) atoms. The Kier molecular flexibility index (Phi) is 3.50. The van der Waals surface area contributed by atoms with E-state index in [1.54, 1.807) is 17.9 Å². The molecule has 0 spiro atoms. The van der Waals surface area contributed by atoms with E-state index in [-0.39, 0.29) is 11.9 Å². The molecule has 1 atom stereocenters. The number of rotatable bonds is 2. The van der Waals surface area contributed by atoms with Crippen molar-refractivity contribution >= 4 is 5.91 Å². The Labute approximate surface area is 123 Å². The van der Waals surface area contributed by atoms with E-state index in [9.17, 15) is 4.79 Å². The zero-order valence-electron chi connectivity index (χ0n) is 12.6. The molecule has 1 amide bonds. The zero-order chi connectivity index (χ0) is 15.0.